The van der Waals surface area contributed by atoms with Crippen LogP contribution in [0.4, 0.5) is 0 Å². The molecule has 0 unspecified atom stereocenters. The molecule has 0 radical (unpaired) electrons. The van der Waals surface area contributed by atoms with Crippen LogP contribution >= 0.6 is 22.6 Å². The Balaban J connectivity index is 2.23. The highest BCUT2D eigenvalue weighted by atomic mass is 127. The van der Waals surface area contributed by atoms with Gasteiger partial charge in [-0.2, -0.15) is 0 Å². The summed E-state index contributed by atoms with van der Waals surface area (Å²) in [5.41, 5.74) is -0.726. The molecule has 2 aliphatic rings. The maximum Gasteiger partial charge on any atom is 0.320 e. The van der Waals surface area contributed by atoms with E-state index in [0.717, 1.165) is 10.8 Å². The Morgan fingerprint density at radius 3 is 2.77 bits per heavy atom. The van der Waals surface area contributed by atoms with E-state index < -0.39 is 5.41 Å². The highest BCUT2D eigenvalue weighted by Gasteiger charge is 2.55. The molecule has 3 nitrogen and oxygen atoms in total. The molecule has 0 bridgehead atoms. The lowest BCUT2D eigenvalue weighted by atomic mass is 9.82. The van der Waals surface area contributed by atoms with Crippen LogP contribution in [0.25, 0.3) is 0 Å². The molecule has 2 fully saturated rings. The van der Waals surface area contributed by atoms with Gasteiger partial charge in [0.15, 0.2) is 0 Å². The summed E-state index contributed by atoms with van der Waals surface area (Å²) < 4.78 is 5.94. The average Bonchev–Trinajstić information content (AvgIpc) is 2.62. The second kappa shape index (κ2) is 3.22. The summed E-state index contributed by atoms with van der Waals surface area (Å²) >= 11 is 2.19. The van der Waals surface area contributed by atoms with Gasteiger partial charge < -0.3 is 4.74 Å². The first kappa shape index (κ1) is 9.43. The zero-order chi connectivity index (χ0) is 9.47. The molecule has 1 saturated carbocycles. The van der Waals surface area contributed by atoms with Gasteiger partial charge in [-0.3, -0.25) is 9.59 Å². The smallest absolute Gasteiger partial charge is 0.320 e. The number of hydrogen-bond donors (Lipinski definition) is 0. The molecule has 0 aromatic carbocycles. The molecule has 4 heteroatoms. The quantitative estimate of drug-likeness (QED) is 0.318. The third kappa shape index (κ3) is 1.30. The van der Waals surface area contributed by atoms with Gasteiger partial charge in [0.25, 0.3) is 0 Å². The number of ketones is 1. The minimum Gasteiger partial charge on any atom is -0.461 e. The molecule has 72 valence electrons. The SMILES string of the molecule is O=C1CCC[C@@]12C[C@H](CI)OC2=O. The number of alkyl halides is 1. The van der Waals surface area contributed by atoms with Crippen LogP contribution in [0.3, 0.4) is 0 Å². The molecule has 13 heavy (non-hydrogen) atoms. The molecule has 1 aliphatic carbocycles. The van der Waals surface area contributed by atoms with Crippen molar-refractivity contribution in [1.82, 2.24) is 0 Å². The van der Waals surface area contributed by atoms with Crippen LogP contribution in [0.15, 0.2) is 0 Å². The molecule has 0 aromatic rings. The fourth-order valence-corrected chi connectivity index (χ4v) is 2.72. The molecule has 2 atom stereocenters. The molecule has 1 spiro atoms. The van der Waals surface area contributed by atoms with Crippen molar-refractivity contribution in [3.8, 4) is 0 Å². The number of halogens is 1. The van der Waals surface area contributed by atoms with Gasteiger partial charge in [0.2, 0.25) is 0 Å². The number of Topliss-reactive ketones (excluding diaryl/α,β-unsaturated/α-hetero) is 1. The number of rotatable bonds is 1. The van der Waals surface area contributed by atoms with Crippen LogP contribution in [-0.4, -0.2) is 22.3 Å². The predicted octanol–water partition coefficient (Wildman–Crippen LogP) is 1.48. The maximum atomic E-state index is 11.6. The Bertz CT molecular complexity index is 264. The summed E-state index contributed by atoms with van der Waals surface area (Å²) in [5.74, 6) is -0.165. The van der Waals surface area contributed by atoms with Crippen LogP contribution in [-0.2, 0) is 14.3 Å². The van der Waals surface area contributed by atoms with Crippen LogP contribution in [0.1, 0.15) is 25.7 Å². The highest BCUT2D eigenvalue weighted by Crippen LogP contribution is 2.45. The first-order valence-electron chi connectivity index (χ1n) is 4.49. The highest BCUT2D eigenvalue weighted by molar-refractivity contribution is 14.1. The number of carbonyl (C=O) groups is 2. The minimum atomic E-state index is -0.726. The van der Waals surface area contributed by atoms with Crippen molar-refractivity contribution in [3.63, 3.8) is 0 Å². The number of esters is 1. The number of hydrogen-bond acceptors (Lipinski definition) is 3. The van der Waals surface area contributed by atoms with Crippen molar-refractivity contribution in [2.24, 2.45) is 5.41 Å². The summed E-state index contributed by atoms with van der Waals surface area (Å²) in [6.45, 7) is 0. The normalized spacial score (nSPS) is 38.7. The fourth-order valence-electron chi connectivity index (χ4n) is 2.23. The van der Waals surface area contributed by atoms with E-state index in [-0.39, 0.29) is 17.9 Å². The average molecular weight is 294 g/mol. The third-order valence-electron chi connectivity index (χ3n) is 2.95. The summed E-state index contributed by atoms with van der Waals surface area (Å²) in [7, 11) is 0. The van der Waals surface area contributed by atoms with Crippen molar-refractivity contribution >= 4 is 34.3 Å². The van der Waals surface area contributed by atoms with Crippen molar-refractivity contribution in [2.45, 2.75) is 31.8 Å². The molecule has 0 amide bonds. The summed E-state index contributed by atoms with van der Waals surface area (Å²) in [5, 5.41) is 0. The van der Waals surface area contributed by atoms with Gasteiger partial charge in [-0.15, -0.1) is 0 Å². The van der Waals surface area contributed by atoms with E-state index in [1.54, 1.807) is 0 Å². The number of cyclic esters (lactones) is 1. The van der Waals surface area contributed by atoms with E-state index in [2.05, 4.69) is 22.6 Å². The van der Waals surface area contributed by atoms with Crippen LogP contribution < -0.4 is 0 Å². The molecule has 1 heterocycles. The molecule has 1 aliphatic heterocycles. The lowest BCUT2D eigenvalue weighted by molar-refractivity contribution is -0.151. The lowest BCUT2D eigenvalue weighted by Crippen LogP contribution is -2.30. The van der Waals surface area contributed by atoms with Gasteiger partial charge in [-0.25, -0.2) is 0 Å². The Kier molecular flexibility index (Phi) is 2.33. The fraction of sp³-hybridized carbons (Fsp3) is 0.778. The summed E-state index contributed by atoms with van der Waals surface area (Å²) in [4.78, 5) is 23.1. The van der Waals surface area contributed by atoms with Gasteiger partial charge in [-0.05, 0) is 12.8 Å². The van der Waals surface area contributed by atoms with E-state index in [9.17, 15) is 9.59 Å². The first-order valence-corrected chi connectivity index (χ1v) is 6.02. The second-order valence-electron chi connectivity index (χ2n) is 3.74. The number of ether oxygens (including phenoxy) is 1. The van der Waals surface area contributed by atoms with Crippen molar-refractivity contribution < 1.29 is 14.3 Å². The van der Waals surface area contributed by atoms with Gasteiger partial charge in [0.1, 0.15) is 17.3 Å². The van der Waals surface area contributed by atoms with E-state index in [1.165, 1.54) is 0 Å². The predicted molar refractivity (Wildman–Crippen MR) is 54.7 cm³/mol. The lowest BCUT2D eigenvalue weighted by Gasteiger charge is -2.14. The Hall–Kier alpha value is -0.130. The zero-order valence-corrected chi connectivity index (χ0v) is 9.37. The van der Waals surface area contributed by atoms with Crippen LogP contribution in [0.2, 0.25) is 0 Å². The minimum absolute atomic E-state index is 0.0323. The molecule has 2 rings (SSSR count). The van der Waals surface area contributed by atoms with Gasteiger partial charge in [-0.1, -0.05) is 22.6 Å². The van der Waals surface area contributed by atoms with Gasteiger partial charge in [0, 0.05) is 17.3 Å². The molecular weight excluding hydrogens is 283 g/mol. The van der Waals surface area contributed by atoms with Crippen molar-refractivity contribution in [3.05, 3.63) is 0 Å². The molecule has 0 aromatic heterocycles. The third-order valence-corrected chi connectivity index (χ3v) is 3.94. The van der Waals surface area contributed by atoms with E-state index in [4.69, 9.17) is 4.74 Å². The zero-order valence-electron chi connectivity index (χ0n) is 7.22. The Morgan fingerprint density at radius 1 is 1.54 bits per heavy atom. The first-order chi connectivity index (χ1) is 6.19. The van der Waals surface area contributed by atoms with Crippen molar-refractivity contribution in [1.29, 1.82) is 0 Å². The molecule has 0 N–H and O–H groups in total. The van der Waals surface area contributed by atoms with Crippen LogP contribution in [0, 0.1) is 5.41 Å². The molecular formula is C9H11IO3. The summed E-state index contributed by atoms with van der Waals surface area (Å²) in [6, 6.07) is 0. The maximum absolute atomic E-state index is 11.6. The monoisotopic (exact) mass is 294 g/mol. The van der Waals surface area contributed by atoms with Gasteiger partial charge in [0.05, 0.1) is 0 Å². The Labute approximate surface area is 90.3 Å². The van der Waals surface area contributed by atoms with E-state index in [0.29, 0.717) is 19.3 Å². The Morgan fingerprint density at radius 2 is 2.31 bits per heavy atom. The van der Waals surface area contributed by atoms with E-state index >= 15 is 0 Å². The van der Waals surface area contributed by atoms with Gasteiger partial charge >= 0.3 is 5.97 Å². The van der Waals surface area contributed by atoms with E-state index in [1.807, 2.05) is 0 Å². The second-order valence-corrected chi connectivity index (χ2v) is 4.63. The van der Waals surface area contributed by atoms with Crippen molar-refractivity contribution in [2.75, 3.05) is 4.43 Å². The van der Waals surface area contributed by atoms with Crippen LogP contribution in [0.5, 0.6) is 0 Å². The summed E-state index contributed by atoms with van der Waals surface area (Å²) in [6.07, 6.45) is 2.70. The standard InChI is InChI=1S/C9H11IO3/c10-5-6-4-9(8(12)13-6)3-1-2-7(9)11/h6H,1-5H2/t6-,9-/m1/s1. The topological polar surface area (TPSA) is 43.4 Å². The largest absolute Gasteiger partial charge is 0.461 e. The number of carbonyl (C=O) groups excluding carboxylic acids is 2. The molecule has 1 saturated heterocycles.